The van der Waals surface area contributed by atoms with E-state index < -0.39 is 0 Å². The molecule has 0 aliphatic heterocycles. The van der Waals surface area contributed by atoms with Gasteiger partial charge in [0.15, 0.2) is 0 Å². The molecule has 0 spiro atoms. The molecule has 0 radical (unpaired) electrons. The fourth-order valence-electron chi connectivity index (χ4n) is 1.72. The van der Waals surface area contributed by atoms with Gasteiger partial charge in [0.05, 0.1) is 11.6 Å². The van der Waals surface area contributed by atoms with Crippen LogP contribution < -0.4 is 16.7 Å². The lowest BCUT2D eigenvalue weighted by Gasteiger charge is -2.15. The van der Waals surface area contributed by atoms with Gasteiger partial charge >= 0.3 is 5.69 Å². The average molecular weight is 274 g/mol. The average Bonchev–Trinajstić information content (AvgIpc) is 2.85. The Labute approximate surface area is 116 Å². The molecule has 2 unspecified atom stereocenters. The van der Waals surface area contributed by atoms with Gasteiger partial charge in [-0.15, -0.1) is 0 Å². The first-order valence-electron chi connectivity index (χ1n) is 6.42. The number of anilines is 1. The number of hydrogen-bond donors (Lipinski definition) is 3. The van der Waals surface area contributed by atoms with Crippen LogP contribution in [-0.2, 0) is 4.79 Å². The predicted octanol–water partition coefficient (Wildman–Crippen LogP) is 1.09. The van der Waals surface area contributed by atoms with E-state index in [1.165, 1.54) is 4.57 Å². The highest BCUT2D eigenvalue weighted by Crippen LogP contribution is 2.13. The molecule has 6 nitrogen and oxygen atoms in total. The van der Waals surface area contributed by atoms with E-state index in [1.807, 2.05) is 0 Å². The molecule has 0 fully saturated rings. The summed E-state index contributed by atoms with van der Waals surface area (Å²) in [5.41, 5.74) is 6.90. The molecule has 1 aromatic heterocycles. The zero-order valence-corrected chi connectivity index (χ0v) is 11.5. The van der Waals surface area contributed by atoms with E-state index >= 15 is 0 Å². The van der Waals surface area contributed by atoms with E-state index in [1.54, 1.807) is 50.5 Å². The van der Waals surface area contributed by atoms with Gasteiger partial charge in [-0.2, -0.15) is 0 Å². The van der Waals surface area contributed by atoms with Crippen LogP contribution in [0.25, 0.3) is 5.69 Å². The first kappa shape index (κ1) is 14.1. The highest BCUT2D eigenvalue weighted by molar-refractivity contribution is 5.92. The second-order valence-electron chi connectivity index (χ2n) is 4.82. The van der Waals surface area contributed by atoms with Crippen LogP contribution in [0.4, 0.5) is 5.69 Å². The number of amides is 1. The Kier molecular flexibility index (Phi) is 4.05. The molecule has 4 N–H and O–H groups in total. The number of nitrogens with one attached hydrogen (secondary N) is 2. The number of rotatable bonds is 4. The second kappa shape index (κ2) is 5.75. The summed E-state index contributed by atoms with van der Waals surface area (Å²) in [7, 11) is 0. The first-order valence-corrected chi connectivity index (χ1v) is 6.42. The van der Waals surface area contributed by atoms with E-state index in [2.05, 4.69) is 10.3 Å². The number of imidazole rings is 1. The van der Waals surface area contributed by atoms with Crippen LogP contribution in [-0.4, -0.2) is 21.5 Å². The Hall–Kier alpha value is -2.34. The number of aromatic nitrogens is 2. The van der Waals surface area contributed by atoms with Crippen molar-refractivity contribution in [3.05, 3.63) is 47.1 Å². The van der Waals surface area contributed by atoms with Gasteiger partial charge in [-0.1, -0.05) is 6.92 Å². The van der Waals surface area contributed by atoms with Gasteiger partial charge in [0.2, 0.25) is 5.91 Å². The molecule has 1 amide bonds. The summed E-state index contributed by atoms with van der Waals surface area (Å²) in [5.74, 6) is -0.381. The molecule has 1 aromatic carbocycles. The quantitative estimate of drug-likeness (QED) is 0.779. The molecular formula is C14H18N4O2. The number of aromatic amines is 1. The number of nitrogens with two attached hydrogens (primary N) is 1. The minimum atomic E-state index is -0.262. The van der Waals surface area contributed by atoms with E-state index in [9.17, 15) is 9.59 Å². The van der Waals surface area contributed by atoms with Gasteiger partial charge in [0.1, 0.15) is 0 Å². The zero-order valence-electron chi connectivity index (χ0n) is 11.5. The number of benzene rings is 1. The van der Waals surface area contributed by atoms with Crippen molar-refractivity contribution in [1.82, 2.24) is 9.55 Å². The summed E-state index contributed by atoms with van der Waals surface area (Å²) in [6.07, 6.45) is 3.22. The lowest BCUT2D eigenvalue weighted by molar-refractivity contribution is -0.119. The van der Waals surface area contributed by atoms with E-state index in [0.717, 1.165) is 5.69 Å². The summed E-state index contributed by atoms with van der Waals surface area (Å²) < 4.78 is 1.48. The third-order valence-electron chi connectivity index (χ3n) is 3.26. The van der Waals surface area contributed by atoms with E-state index in [4.69, 9.17) is 5.73 Å². The Morgan fingerprint density at radius 2 is 1.95 bits per heavy atom. The number of hydrogen-bond acceptors (Lipinski definition) is 3. The molecule has 0 aliphatic rings. The van der Waals surface area contributed by atoms with Crippen LogP contribution >= 0.6 is 0 Å². The normalized spacial score (nSPS) is 13.8. The monoisotopic (exact) mass is 274 g/mol. The van der Waals surface area contributed by atoms with Crippen molar-refractivity contribution in [3.8, 4) is 5.69 Å². The summed E-state index contributed by atoms with van der Waals surface area (Å²) in [5, 5.41) is 2.80. The lowest BCUT2D eigenvalue weighted by Crippen LogP contribution is -2.34. The highest BCUT2D eigenvalue weighted by atomic mass is 16.2. The summed E-state index contributed by atoms with van der Waals surface area (Å²) in [6, 6.07) is 6.83. The van der Waals surface area contributed by atoms with Gasteiger partial charge in [-0.3, -0.25) is 9.36 Å². The maximum atomic E-state index is 11.9. The van der Waals surface area contributed by atoms with Gasteiger partial charge in [-0.25, -0.2) is 4.79 Å². The molecule has 2 aromatic rings. The van der Waals surface area contributed by atoms with Crippen molar-refractivity contribution in [2.75, 3.05) is 5.32 Å². The standard InChI is InChI=1S/C14H18N4O2/c1-9(10(2)15)13(19)17-11-3-5-12(6-4-11)18-8-7-16-14(18)20/h3-10H,15H2,1-2H3,(H,16,20)(H,17,19). The number of H-pyrrole nitrogens is 1. The van der Waals surface area contributed by atoms with Crippen molar-refractivity contribution < 1.29 is 4.79 Å². The van der Waals surface area contributed by atoms with Crippen LogP contribution in [0.3, 0.4) is 0 Å². The van der Waals surface area contributed by atoms with Crippen molar-refractivity contribution in [3.63, 3.8) is 0 Å². The van der Waals surface area contributed by atoms with Gasteiger partial charge in [-0.05, 0) is 31.2 Å². The van der Waals surface area contributed by atoms with E-state index in [-0.39, 0.29) is 23.6 Å². The molecule has 20 heavy (non-hydrogen) atoms. The Bertz CT molecular complexity index is 640. The Balaban J connectivity index is 2.11. The van der Waals surface area contributed by atoms with Gasteiger partial charge in [0.25, 0.3) is 0 Å². The molecule has 0 saturated carbocycles. The lowest BCUT2D eigenvalue weighted by atomic mass is 10.0. The molecule has 106 valence electrons. The topological polar surface area (TPSA) is 92.9 Å². The van der Waals surface area contributed by atoms with Gasteiger partial charge in [0, 0.05) is 24.1 Å². The summed E-state index contributed by atoms with van der Waals surface area (Å²) in [4.78, 5) is 25.9. The molecular weight excluding hydrogens is 256 g/mol. The van der Waals surface area contributed by atoms with Crippen molar-refractivity contribution in [2.24, 2.45) is 11.7 Å². The fraction of sp³-hybridized carbons (Fsp3) is 0.286. The molecule has 1 heterocycles. The molecule has 2 rings (SSSR count). The van der Waals surface area contributed by atoms with Crippen molar-refractivity contribution in [1.29, 1.82) is 0 Å². The maximum absolute atomic E-state index is 11.9. The maximum Gasteiger partial charge on any atom is 0.330 e. The van der Waals surface area contributed by atoms with E-state index in [0.29, 0.717) is 5.69 Å². The van der Waals surface area contributed by atoms with Crippen LogP contribution in [0.2, 0.25) is 0 Å². The first-order chi connectivity index (χ1) is 9.49. The summed E-state index contributed by atoms with van der Waals surface area (Å²) in [6.45, 7) is 3.58. The molecule has 0 aliphatic carbocycles. The SMILES string of the molecule is CC(N)C(C)C(=O)Nc1ccc(-n2cc[nH]c2=O)cc1. The van der Waals surface area contributed by atoms with Crippen LogP contribution in [0.5, 0.6) is 0 Å². The zero-order chi connectivity index (χ0) is 14.7. The van der Waals surface area contributed by atoms with Crippen LogP contribution in [0, 0.1) is 5.92 Å². The van der Waals surface area contributed by atoms with Crippen molar-refractivity contribution >= 4 is 11.6 Å². The Morgan fingerprint density at radius 3 is 2.45 bits per heavy atom. The minimum absolute atomic E-state index is 0.119. The molecule has 6 heteroatoms. The third kappa shape index (κ3) is 2.97. The van der Waals surface area contributed by atoms with Crippen LogP contribution in [0.1, 0.15) is 13.8 Å². The number of carbonyl (C=O) groups excluding carboxylic acids is 1. The molecule has 0 bridgehead atoms. The largest absolute Gasteiger partial charge is 0.330 e. The molecule has 2 atom stereocenters. The minimum Gasteiger partial charge on any atom is -0.327 e. The molecule has 0 saturated heterocycles. The third-order valence-corrected chi connectivity index (χ3v) is 3.26. The summed E-state index contributed by atoms with van der Waals surface area (Å²) >= 11 is 0. The Morgan fingerprint density at radius 1 is 1.30 bits per heavy atom. The second-order valence-corrected chi connectivity index (χ2v) is 4.82. The van der Waals surface area contributed by atoms with Crippen LogP contribution in [0.15, 0.2) is 41.5 Å². The predicted molar refractivity (Wildman–Crippen MR) is 77.8 cm³/mol. The fourth-order valence-corrected chi connectivity index (χ4v) is 1.72. The number of carbonyl (C=O) groups is 1. The highest BCUT2D eigenvalue weighted by Gasteiger charge is 2.16. The van der Waals surface area contributed by atoms with Crippen molar-refractivity contribution in [2.45, 2.75) is 19.9 Å². The number of nitrogens with zero attached hydrogens (tertiary/aromatic N) is 1. The van der Waals surface area contributed by atoms with Gasteiger partial charge < -0.3 is 16.0 Å². The smallest absolute Gasteiger partial charge is 0.327 e.